The van der Waals surface area contributed by atoms with Gasteiger partial charge in [0.25, 0.3) is 0 Å². The summed E-state index contributed by atoms with van der Waals surface area (Å²) in [6.45, 7) is 4.31. The molecule has 0 aliphatic carbocycles. The molecule has 1 aromatic rings. The van der Waals surface area contributed by atoms with Gasteiger partial charge in [0, 0.05) is 13.6 Å². The predicted octanol–water partition coefficient (Wildman–Crippen LogP) is -0.0769. The van der Waals surface area contributed by atoms with E-state index in [0.717, 1.165) is 18.9 Å². The van der Waals surface area contributed by atoms with Gasteiger partial charge in [-0.3, -0.25) is 9.58 Å². The lowest BCUT2D eigenvalue weighted by Crippen LogP contribution is -2.33. The second kappa shape index (κ2) is 5.02. The van der Waals surface area contributed by atoms with Crippen LogP contribution in [-0.4, -0.2) is 37.7 Å². The fraction of sp³-hybridized carbons (Fsp3) is 0.625. The van der Waals surface area contributed by atoms with Gasteiger partial charge in [0.2, 0.25) is 0 Å². The van der Waals surface area contributed by atoms with E-state index in [0.29, 0.717) is 11.5 Å². The molecular weight excluding hydrogens is 198 g/mol. The van der Waals surface area contributed by atoms with Crippen molar-refractivity contribution in [2.24, 2.45) is 12.8 Å². The van der Waals surface area contributed by atoms with Crippen LogP contribution in [0, 0.1) is 0 Å². The molecule has 0 aliphatic heterocycles. The molecule has 78 valence electrons. The van der Waals surface area contributed by atoms with Gasteiger partial charge in [-0.2, -0.15) is 5.10 Å². The standard InChI is InChI=1S/C8H15N5S/c1-3-13(4-7(9)14)5-8-10-6-11-12(8)2/h6H,3-5H2,1-2H3,(H2,9,14). The lowest BCUT2D eigenvalue weighted by Gasteiger charge is -2.18. The number of aryl methyl sites for hydroxylation is 1. The molecular formula is C8H15N5S. The fourth-order valence-corrected chi connectivity index (χ4v) is 1.35. The molecule has 0 aromatic carbocycles. The average Bonchev–Trinajstić information content (AvgIpc) is 2.50. The minimum absolute atomic E-state index is 0.508. The molecule has 0 atom stereocenters. The Bertz CT molecular complexity index is 308. The Hall–Kier alpha value is -1.01. The van der Waals surface area contributed by atoms with Crippen LogP contribution in [0.5, 0.6) is 0 Å². The normalized spacial score (nSPS) is 10.8. The van der Waals surface area contributed by atoms with E-state index in [1.54, 1.807) is 11.0 Å². The first-order valence-electron chi connectivity index (χ1n) is 4.47. The molecule has 14 heavy (non-hydrogen) atoms. The molecule has 0 aliphatic rings. The highest BCUT2D eigenvalue weighted by molar-refractivity contribution is 7.80. The third kappa shape index (κ3) is 3.04. The maximum atomic E-state index is 5.48. The van der Waals surface area contributed by atoms with Gasteiger partial charge >= 0.3 is 0 Å². The molecule has 2 N–H and O–H groups in total. The number of aromatic nitrogens is 3. The summed E-state index contributed by atoms with van der Waals surface area (Å²) >= 11 is 4.86. The molecule has 0 fully saturated rings. The van der Waals surface area contributed by atoms with Crippen LogP contribution in [0.25, 0.3) is 0 Å². The summed E-state index contributed by atoms with van der Waals surface area (Å²) < 4.78 is 1.75. The molecule has 6 heteroatoms. The summed E-state index contributed by atoms with van der Waals surface area (Å²) in [4.78, 5) is 6.76. The molecule has 0 spiro atoms. The van der Waals surface area contributed by atoms with Crippen molar-refractivity contribution in [2.45, 2.75) is 13.5 Å². The molecule has 1 rings (SSSR count). The zero-order valence-corrected chi connectivity index (χ0v) is 9.29. The highest BCUT2D eigenvalue weighted by atomic mass is 32.1. The van der Waals surface area contributed by atoms with Crippen molar-refractivity contribution in [1.29, 1.82) is 0 Å². The minimum atomic E-state index is 0.508. The van der Waals surface area contributed by atoms with Gasteiger partial charge < -0.3 is 5.73 Å². The third-order valence-corrected chi connectivity index (χ3v) is 2.13. The van der Waals surface area contributed by atoms with Crippen molar-refractivity contribution in [3.8, 4) is 0 Å². The van der Waals surface area contributed by atoms with E-state index in [1.807, 2.05) is 7.05 Å². The highest BCUT2D eigenvalue weighted by Gasteiger charge is 2.08. The molecule has 1 aromatic heterocycles. The summed E-state index contributed by atoms with van der Waals surface area (Å²) in [5.74, 6) is 0.920. The Labute approximate surface area is 88.9 Å². The molecule has 0 amide bonds. The molecule has 0 radical (unpaired) electrons. The van der Waals surface area contributed by atoms with E-state index in [-0.39, 0.29) is 0 Å². The Morgan fingerprint density at radius 3 is 2.86 bits per heavy atom. The van der Waals surface area contributed by atoms with Crippen molar-refractivity contribution >= 4 is 17.2 Å². The maximum Gasteiger partial charge on any atom is 0.140 e. The monoisotopic (exact) mass is 213 g/mol. The smallest absolute Gasteiger partial charge is 0.140 e. The molecule has 0 unspecified atom stereocenters. The fourth-order valence-electron chi connectivity index (χ4n) is 1.16. The zero-order valence-electron chi connectivity index (χ0n) is 8.47. The van der Waals surface area contributed by atoms with Crippen molar-refractivity contribution in [2.75, 3.05) is 13.1 Å². The Kier molecular flexibility index (Phi) is 3.97. The van der Waals surface area contributed by atoms with Crippen molar-refractivity contribution in [1.82, 2.24) is 19.7 Å². The van der Waals surface area contributed by atoms with E-state index < -0.39 is 0 Å². The average molecular weight is 213 g/mol. The second-order valence-corrected chi connectivity index (χ2v) is 3.59. The van der Waals surface area contributed by atoms with E-state index in [2.05, 4.69) is 21.9 Å². The lowest BCUT2D eigenvalue weighted by atomic mass is 10.4. The van der Waals surface area contributed by atoms with Crippen LogP contribution in [-0.2, 0) is 13.6 Å². The number of thiocarbonyl (C=S) groups is 1. The quantitative estimate of drug-likeness (QED) is 0.693. The van der Waals surface area contributed by atoms with Crippen molar-refractivity contribution < 1.29 is 0 Å². The molecule has 1 heterocycles. The van der Waals surface area contributed by atoms with Gasteiger partial charge in [-0.05, 0) is 6.54 Å². The van der Waals surface area contributed by atoms with Crippen LogP contribution < -0.4 is 5.73 Å². The largest absolute Gasteiger partial charge is 0.392 e. The van der Waals surface area contributed by atoms with Gasteiger partial charge in [0.1, 0.15) is 12.2 Å². The number of rotatable bonds is 5. The van der Waals surface area contributed by atoms with Gasteiger partial charge in [0.05, 0.1) is 11.5 Å². The lowest BCUT2D eigenvalue weighted by molar-refractivity contribution is 0.307. The van der Waals surface area contributed by atoms with Gasteiger partial charge in [0.15, 0.2) is 0 Å². The first kappa shape index (κ1) is 11.1. The van der Waals surface area contributed by atoms with E-state index >= 15 is 0 Å². The minimum Gasteiger partial charge on any atom is -0.392 e. The summed E-state index contributed by atoms with van der Waals surface area (Å²) in [5.41, 5.74) is 5.48. The third-order valence-electron chi connectivity index (χ3n) is 2.00. The van der Waals surface area contributed by atoms with E-state index in [9.17, 15) is 0 Å². The molecule has 0 bridgehead atoms. The summed E-state index contributed by atoms with van der Waals surface area (Å²) in [6.07, 6.45) is 1.55. The van der Waals surface area contributed by atoms with E-state index in [1.165, 1.54) is 0 Å². The van der Waals surface area contributed by atoms with Gasteiger partial charge in [-0.25, -0.2) is 4.98 Å². The summed E-state index contributed by atoms with van der Waals surface area (Å²) in [7, 11) is 1.87. The Morgan fingerprint density at radius 1 is 1.71 bits per heavy atom. The van der Waals surface area contributed by atoms with Gasteiger partial charge in [-0.1, -0.05) is 19.1 Å². The number of nitrogens with two attached hydrogens (primary N) is 1. The molecule has 0 saturated heterocycles. The van der Waals surface area contributed by atoms with Crippen LogP contribution in [0.1, 0.15) is 12.7 Å². The number of hydrogen-bond donors (Lipinski definition) is 1. The summed E-state index contributed by atoms with van der Waals surface area (Å²) in [6, 6.07) is 0. The molecule has 5 nitrogen and oxygen atoms in total. The first-order chi connectivity index (χ1) is 6.63. The summed E-state index contributed by atoms with van der Waals surface area (Å²) in [5, 5.41) is 4.00. The topological polar surface area (TPSA) is 60.0 Å². The van der Waals surface area contributed by atoms with Crippen LogP contribution in [0.4, 0.5) is 0 Å². The number of hydrogen-bond acceptors (Lipinski definition) is 4. The Morgan fingerprint density at radius 2 is 2.43 bits per heavy atom. The SMILES string of the molecule is CCN(CC(N)=S)Cc1ncnn1C. The van der Waals surface area contributed by atoms with Crippen molar-refractivity contribution in [3.05, 3.63) is 12.2 Å². The number of likely N-dealkylation sites (N-methyl/N-ethyl adjacent to an activating group) is 1. The molecule has 0 saturated carbocycles. The van der Waals surface area contributed by atoms with Gasteiger partial charge in [-0.15, -0.1) is 0 Å². The highest BCUT2D eigenvalue weighted by Crippen LogP contribution is 1.98. The Balaban J connectivity index is 2.57. The van der Waals surface area contributed by atoms with Crippen LogP contribution in [0.3, 0.4) is 0 Å². The first-order valence-corrected chi connectivity index (χ1v) is 4.87. The van der Waals surface area contributed by atoms with Crippen molar-refractivity contribution in [3.63, 3.8) is 0 Å². The van der Waals surface area contributed by atoms with E-state index in [4.69, 9.17) is 18.0 Å². The van der Waals surface area contributed by atoms with Crippen LogP contribution in [0.2, 0.25) is 0 Å². The predicted molar refractivity (Wildman–Crippen MR) is 58.7 cm³/mol. The maximum absolute atomic E-state index is 5.48. The van der Waals surface area contributed by atoms with Crippen LogP contribution >= 0.6 is 12.2 Å². The number of nitrogens with zero attached hydrogens (tertiary/aromatic N) is 4. The van der Waals surface area contributed by atoms with Crippen LogP contribution in [0.15, 0.2) is 6.33 Å². The zero-order chi connectivity index (χ0) is 10.6. The second-order valence-electron chi connectivity index (χ2n) is 3.07.